The van der Waals surface area contributed by atoms with Gasteiger partial charge in [0.05, 0.1) is 22.2 Å². The van der Waals surface area contributed by atoms with Gasteiger partial charge in [-0.3, -0.25) is 14.9 Å². The Kier molecular flexibility index (Phi) is 6.05. The van der Waals surface area contributed by atoms with Crippen LogP contribution < -0.4 is 5.32 Å². The molecule has 0 fully saturated rings. The quantitative estimate of drug-likeness (QED) is 0.324. The van der Waals surface area contributed by atoms with Crippen molar-refractivity contribution in [3.63, 3.8) is 0 Å². The zero-order chi connectivity index (χ0) is 23.5. The number of hydrogen-bond acceptors (Lipinski definition) is 7. The molecule has 1 unspecified atom stereocenters. The number of non-ortho nitro benzene ring substituents is 1. The molecule has 1 N–H and O–H groups in total. The summed E-state index contributed by atoms with van der Waals surface area (Å²) >= 11 is 1.18. The minimum Gasteiger partial charge on any atom is -0.345 e. The summed E-state index contributed by atoms with van der Waals surface area (Å²) < 4.78 is 1.56. The third kappa shape index (κ3) is 4.40. The lowest BCUT2D eigenvalue weighted by Gasteiger charge is -2.26. The van der Waals surface area contributed by atoms with E-state index in [9.17, 15) is 14.9 Å². The molecule has 5 rings (SSSR count). The third-order valence-electron chi connectivity index (χ3n) is 5.74. The SMILES string of the molecule is O=C(NC1CCCc2ccccc21)c1cc([N+](=O)[O-])ccc1Sc1nnnn1-c1ccccc1. The summed E-state index contributed by atoms with van der Waals surface area (Å²) in [6.45, 7) is 0. The van der Waals surface area contributed by atoms with Gasteiger partial charge in [0.25, 0.3) is 11.6 Å². The van der Waals surface area contributed by atoms with Gasteiger partial charge in [-0.25, -0.2) is 0 Å². The Bertz CT molecular complexity index is 1360. The number of aryl methyl sites for hydroxylation is 1. The van der Waals surface area contributed by atoms with Gasteiger partial charge >= 0.3 is 0 Å². The lowest BCUT2D eigenvalue weighted by molar-refractivity contribution is -0.384. The second-order valence-electron chi connectivity index (χ2n) is 7.87. The molecule has 0 spiro atoms. The minimum absolute atomic E-state index is 0.149. The van der Waals surface area contributed by atoms with Gasteiger partial charge in [0, 0.05) is 17.0 Å². The molecular formula is C24H20N6O3S. The molecule has 1 amide bonds. The summed E-state index contributed by atoms with van der Waals surface area (Å²) in [7, 11) is 0. The van der Waals surface area contributed by atoms with E-state index in [0.29, 0.717) is 10.1 Å². The molecule has 34 heavy (non-hydrogen) atoms. The maximum Gasteiger partial charge on any atom is 0.270 e. The van der Waals surface area contributed by atoms with Gasteiger partial charge in [0.2, 0.25) is 5.16 Å². The first-order chi connectivity index (χ1) is 16.6. The van der Waals surface area contributed by atoms with Crippen molar-refractivity contribution in [1.29, 1.82) is 0 Å². The van der Waals surface area contributed by atoms with E-state index in [1.54, 1.807) is 10.7 Å². The Labute approximate surface area is 199 Å². The number of rotatable bonds is 6. The van der Waals surface area contributed by atoms with Crippen LogP contribution in [0.1, 0.15) is 40.4 Å². The Morgan fingerprint density at radius 3 is 2.71 bits per heavy atom. The van der Waals surface area contributed by atoms with Crippen LogP contribution in [-0.2, 0) is 6.42 Å². The molecule has 1 aliphatic rings. The molecular weight excluding hydrogens is 452 g/mol. The van der Waals surface area contributed by atoms with Gasteiger partial charge in [-0.1, -0.05) is 42.5 Å². The topological polar surface area (TPSA) is 116 Å². The summed E-state index contributed by atoms with van der Waals surface area (Å²) in [5, 5.41) is 26.9. The van der Waals surface area contributed by atoms with Crippen LogP contribution in [0.3, 0.4) is 0 Å². The smallest absolute Gasteiger partial charge is 0.270 e. The molecule has 0 saturated heterocycles. The molecule has 1 atom stereocenters. The van der Waals surface area contributed by atoms with Crippen LogP contribution in [0.4, 0.5) is 5.69 Å². The molecule has 170 valence electrons. The van der Waals surface area contributed by atoms with E-state index in [1.165, 1.54) is 29.5 Å². The number of para-hydroxylation sites is 1. The molecule has 0 aliphatic heterocycles. The fourth-order valence-corrected chi connectivity index (χ4v) is 5.01. The van der Waals surface area contributed by atoms with Crippen molar-refractivity contribution in [2.75, 3.05) is 0 Å². The van der Waals surface area contributed by atoms with Crippen LogP contribution in [-0.4, -0.2) is 31.0 Å². The zero-order valence-corrected chi connectivity index (χ0v) is 18.8. The molecule has 3 aromatic carbocycles. The molecule has 9 nitrogen and oxygen atoms in total. The van der Waals surface area contributed by atoms with Gasteiger partial charge in [-0.05, 0) is 70.8 Å². The third-order valence-corrected chi connectivity index (χ3v) is 6.75. The highest BCUT2D eigenvalue weighted by Gasteiger charge is 2.25. The Balaban J connectivity index is 1.47. The minimum atomic E-state index is -0.505. The highest BCUT2D eigenvalue weighted by atomic mass is 32.2. The number of nitro groups is 1. The summed E-state index contributed by atoms with van der Waals surface area (Å²) in [5.74, 6) is -0.369. The molecule has 1 aromatic heterocycles. The molecule has 10 heteroatoms. The van der Waals surface area contributed by atoms with E-state index in [4.69, 9.17) is 0 Å². The highest BCUT2D eigenvalue weighted by molar-refractivity contribution is 7.99. The fourth-order valence-electron chi connectivity index (χ4n) is 4.11. The molecule has 1 heterocycles. The van der Waals surface area contributed by atoms with Crippen molar-refractivity contribution in [1.82, 2.24) is 25.5 Å². The number of benzene rings is 3. The first-order valence-electron chi connectivity index (χ1n) is 10.8. The van der Waals surface area contributed by atoms with Crippen LogP contribution in [0, 0.1) is 10.1 Å². The van der Waals surface area contributed by atoms with Crippen molar-refractivity contribution in [3.8, 4) is 5.69 Å². The van der Waals surface area contributed by atoms with Gasteiger partial charge in [0.15, 0.2) is 0 Å². The Morgan fingerprint density at radius 2 is 1.88 bits per heavy atom. The molecule has 0 radical (unpaired) electrons. The van der Waals surface area contributed by atoms with Gasteiger partial charge in [-0.2, -0.15) is 4.68 Å². The number of carbonyl (C=O) groups excluding carboxylic acids is 1. The van der Waals surface area contributed by atoms with Crippen LogP contribution in [0.5, 0.6) is 0 Å². The van der Waals surface area contributed by atoms with E-state index in [1.807, 2.05) is 48.5 Å². The lowest BCUT2D eigenvalue weighted by Crippen LogP contribution is -2.31. The predicted molar refractivity (Wildman–Crippen MR) is 126 cm³/mol. The monoisotopic (exact) mass is 472 g/mol. The van der Waals surface area contributed by atoms with Crippen molar-refractivity contribution >= 4 is 23.4 Å². The van der Waals surface area contributed by atoms with E-state index in [-0.39, 0.29) is 23.2 Å². The van der Waals surface area contributed by atoms with Crippen molar-refractivity contribution in [2.24, 2.45) is 0 Å². The first-order valence-corrected chi connectivity index (χ1v) is 11.6. The highest BCUT2D eigenvalue weighted by Crippen LogP contribution is 2.34. The summed E-state index contributed by atoms with van der Waals surface area (Å²) in [6.07, 6.45) is 2.75. The molecule has 0 saturated carbocycles. The van der Waals surface area contributed by atoms with Crippen LogP contribution in [0.2, 0.25) is 0 Å². The number of nitrogens with zero attached hydrogens (tertiary/aromatic N) is 5. The van der Waals surface area contributed by atoms with Crippen LogP contribution in [0.25, 0.3) is 5.69 Å². The lowest BCUT2D eigenvalue weighted by atomic mass is 9.87. The second kappa shape index (κ2) is 9.44. The fraction of sp³-hybridized carbons (Fsp3) is 0.167. The van der Waals surface area contributed by atoms with Gasteiger partial charge in [-0.15, -0.1) is 5.10 Å². The molecule has 1 aliphatic carbocycles. The summed E-state index contributed by atoms with van der Waals surface area (Å²) in [4.78, 5) is 24.8. The van der Waals surface area contributed by atoms with Crippen LogP contribution >= 0.6 is 11.8 Å². The number of amides is 1. The molecule has 0 bridgehead atoms. The number of carbonyl (C=O) groups is 1. The number of aromatic nitrogens is 4. The van der Waals surface area contributed by atoms with Crippen molar-refractivity contribution in [2.45, 2.75) is 35.4 Å². The first kappa shape index (κ1) is 21.8. The molecule has 4 aromatic rings. The van der Waals surface area contributed by atoms with Crippen molar-refractivity contribution in [3.05, 3.63) is 99.6 Å². The summed E-state index contributed by atoms with van der Waals surface area (Å²) in [5.41, 5.74) is 3.14. The normalized spacial score (nSPS) is 14.9. The van der Waals surface area contributed by atoms with Gasteiger partial charge in [0.1, 0.15) is 0 Å². The Morgan fingerprint density at radius 1 is 1.09 bits per heavy atom. The van der Waals surface area contributed by atoms with Gasteiger partial charge < -0.3 is 5.32 Å². The van der Waals surface area contributed by atoms with Crippen LogP contribution in [0.15, 0.2) is 82.8 Å². The van der Waals surface area contributed by atoms with E-state index >= 15 is 0 Å². The number of nitro benzene ring substituents is 1. The Hall–Kier alpha value is -4.05. The average molecular weight is 473 g/mol. The predicted octanol–water partition coefficient (Wildman–Crippen LogP) is 4.53. The number of hydrogen-bond donors (Lipinski definition) is 1. The standard InChI is InChI=1S/C24H20N6O3S/c31-23(25-21-12-6-8-16-7-4-5-11-19(16)21)20-15-18(30(32)33)13-14-22(20)34-24-26-27-28-29(24)17-9-2-1-3-10-17/h1-5,7,9-11,13-15,21H,6,8,12H2,(H,25,31). The zero-order valence-electron chi connectivity index (χ0n) is 18.0. The van der Waals surface area contributed by atoms with Crippen molar-refractivity contribution < 1.29 is 9.72 Å². The average Bonchev–Trinajstić information content (AvgIpc) is 3.33. The maximum atomic E-state index is 13.4. The van der Waals surface area contributed by atoms with E-state index in [0.717, 1.165) is 30.5 Å². The summed E-state index contributed by atoms with van der Waals surface area (Å²) in [6, 6.07) is 21.5. The number of nitrogens with one attached hydrogen (secondary N) is 1. The number of fused-ring (bicyclic) bond motifs is 1. The maximum absolute atomic E-state index is 13.4. The number of tetrazole rings is 1. The van der Waals surface area contributed by atoms with E-state index < -0.39 is 4.92 Å². The largest absolute Gasteiger partial charge is 0.345 e. The van der Waals surface area contributed by atoms with E-state index in [2.05, 4.69) is 26.9 Å². The second-order valence-corrected chi connectivity index (χ2v) is 8.87.